The van der Waals surface area contributed by atoms with Gasteiger partial charge in [0.15, 0.2) is 0 Å². The lowest BCUT2D eigenvalue weighted by molar-refractivity contribution is -0.00138. The highest BCUT2D eigenvalue weighted by molar-refractivity contribution is 7.20. The number of carbonyl (C=O) groups is 1. The van der Waals surface area contributed by atoms with E-state index in [0.717, 1.165) is 10.3 Å². The maximum atomic E-state index is 13.0. The van der Waals surface area contributed by atoms with Crippen LogP contribution in [0.25, 0.3) is 10.1 Å². The molecule has 2 bridgehead atoms. The number of anilines is 1. The minimum Gasteiger partial charge on any atom is -0.378 e. The van der Waals surface area contributed by atoms with Crippen molar-refractivity contribution in [3.63, 3.8) is 0 Å². The van der Waals surface area contributed by atoms with E-state index in [1.54, 1.807) is 11.3 Å². The Kier molecular flexibility index (Phi) is 3.41. The van der Waals surface area contributed by atoms with Crippen LogP contribution >= 0.6 is 11.3 Å². The Labute approximate surface area is 152 Å². The smallest absolute Gasteiger partial charge is 0.261 e. The van der Waals surface area contributed by atoms with E-state index >= 15 is 0 Å². The number of benzene rings is 1. The van der Waals surface area contributed by atoms with Crippen LogP contribution in [0.4, 0.5) is 5.69 Å². The molecule has 0 unspecified atom stereocenters. The van der Waals surface area contributed by atoms with Gasteiger partial charge in [0, 0.05) is 30.0 Å². The minimum absolute atomic E-state index is 0.123. The summed E-state index contributed by atoms with van der Waals surface area (Å²) in [6, 6.07) is 8.81. The molecule has 6 rings (SSSR count). The Hall–Kier alpha value is -1.59. The van der Waals surface area contributed by atoms with Gasteiger partial charge in [0.2, 0.25) is 0 Å². The molecule has 3 aliphatic heterocycles. The average Bonchev–Trinajstić information content (AvgIpc) is 3.27. The molecule has 1 saturated carbocycles. The SMILES string of the molecule is CN(C)c1ccc2cc(C(=O)N[C@@H]3C4CCN(CC4)C34CC4)sc2c1. The van der Waals surface area contributed by atoms with Gasteiger partial charge < -0.3 is 10.2 Å². The summed E-state index contributed by atoms with van der Waals surface area (Å²) in [5.74, 6) is 0.795. The van der Waals surface area contributed by atoms with Gasteiger partial charge in [-0.05, 0) is 68.3 Å². The minimum atomic E-state index is 0.123. The zero-order valence-corrected chi connectivity index (χ0v) is 15.7. The normalized spacial score (nSPS) is 29.1. The molecule has 132 valence electrons. The predicted octanol–water partition coefficient (Wildman–Crippen LogP) is 3.32. The molecule has 1 spiro atoms. The van der Waals surface area contributed by atoms with Gasteiger partial charge in [-0.2, -0.15) is 0 Å². The average molecular weight is 356 g/mol. The summed E-state index contributed by atoms with van der Waals surface area (Å²) < 4.78 is 1.19. The summed E-state index contributed by atoms with van der Waals surface area (Å²) in [4.78, 5) is 18.6. The number of amides is 1. The number of hydrogen-bond acceptors (Lipinski definition) is 4. The van der Waals surface area contributed by atoms with E-state index in [0.29, 0.717) is 17.5 Å². The highest BCUT2D eigenvalue weighted by Gasteiger charge is 2.60. The van der Waals surface area contributed by atoms with Crippen LogP contribution < -0.4 is 10.2 Å². The molecule has 1 atom stereocenters. The lowest BCUT2D eigenvalue weighted by Crippen LogP contribution is -2.65. The highest BCUT2D eigenvalue weighted by Crippen LogP contribution is 2.53. The van der Waals surface area contributed by atoms with E-state index < -0.39 is 0 Å². The predicted molar refractivity (Wildman–Crippen MR) is 104 cm³/mol. The van der Waals surface area contributed by atoms with Crippen LogP contribution in [0.2, 0.25) is 0 Å². The van der Waals surface area contributed by atoms with Crippen LogP contribution in [-0.2, 0) is 0 Å². The van der Waals surface area contributed by atoms with Crippen molar-refractivity contribution in [2.45, 2.75) is 37.3 Å². The van der Waals surface area contributed by atoms with Crippen molar-refractivity contribution in [1.82, 2.24) is 10.2 Å². The quantitative estimate of drug-likeness (QED) is 0.917. The van der Waals surface area contributed by atoms with E-state index in [9.17, 15) is 4.79 Å². The van der Waals surface area contributed by atoms with Gasteiger partial charge in [-0.3, -0.25) is 9.69 Å². The third kappa shape index (κ3) is 2.40. The molecule has 0 radical (unpaired) electrons. The van der Waals surface area contributed by atoms with E-state index in [2.05, 4.69) is 39.4 Å². The third-order valence-corrected chi connectivity index (χ3v) is 7.61. The third-order valence-electron chi connectivity index (χ3n) is 6.51. The Morgan fingerprint density at radius 2 is 2.00 bits per heavy atom. The van der Waals surface area contributed by atoms with Crippen molar-refractivity contribution < 1.29 is 4.79 Å². The van der Waals surface area contributed by atoms with Crippen molar-refractivity contribution in [2.75, 3.05) is 32.1 Å². The first-order chi connectivity index (χ1) is 12.1. The number of thiophene rings is 1. The van der Waals surface area contributed by atoms with Crippen molar-refractivity contribution in [3.8, 4) is 0 Å². The summed E-state index contributed by atoms with van der Waals surface area (Å²) in [6.45, 7) is 2.46. The number of hydrogen-bond donors (Lipinski definition) is 1. The standard InChI is InChI=1S/C20H25N3OS/c1-22(2)15-4-3-14-11-17(25-16(14)12-15)19(24)21-18-13-5-9-23(10-6-13)20(18)7-8-20/h3-4,11-13,18H,5-10H2,1-2H3,(H,21,24)/t18-/m1/s1. The fraction of sp³-hybridized carbons (Fsp3) is 0.550. The Bertz CT molecular complexity index is 831. The maximum Gasteiger partial charge on any atom is 0.261 e. The Morgan fingerprint density at radius 3 is 2.68 bits per heavy atom. The van der Waals surface area contributed by atoms with Crippen LogP contribution in [0.3, 0.4) is 0 Å². The van der Waals surface area contributed by atoms with Crippen LogP contribution in [0.1, 0.15) is 35.4 Å². The number of nitrogens with zero attached hydrogens (tertiary/aromatic N) is 2. The molecule has 4 nitrogen and oxygen atoms in total. The second-order valence-corrected chi connectivity index (χ2v) is 9.19. The van der Waals surface area contributed by atoms with Crippen LogP contribution in [0, 0.1) is 5.92 Å². The van der Waals surface area contributed by atoms with Crippen LogP contribution in [0.5, 0.6) is 0 Å². The Balaban J connectivity index is 1.40. The van der Waals surface area contributed by atoms with Gasteiger partial charge in [0.1, 0.15) is 0 Å². The van der Waals surface area contributed by atoms with Gasteiger partial charge in [0.25, 0.3) is 5.91 Å². The first kappa shape index (κ1) is 15.6. The molecule has 1 aromatic heterocycles. The molecule has 1 aliphatic carbocycles. The number of rotatable bonds is 3. The molecule has 3 saturated heterocycles. The maximum absolute atomic E-state index is 13.0. The van der Waals surface area contributed by atoms with E-state index in [1.807, 2.05) is 14.1 Å². The molecule has 5 heteroatoms. The van der Waals surface area contributed by atoms with Gasteiger partial charge in [0.05, 0.1) is 10.9 Å². The van der Waals surface area contributed by atoms with Gasteiger partial charge in [-0.15, -0.1) is 11.3 Å². The summed E-state index contributed by atoms with van der Waals surface area (Å²) in [6.07, 6.45) is 5.00. The zero-order chi connectivity index (χ0) is 17.2. The van der Waals surface area contributed by atoms with Crippen LogP contribution in [-0.4, -0.2) is 49.6 Å². The molecule has 1 N–H and O–H groups in total. The molecule has 1 amide bonds. The van der Waals surface area contributed by atoms with Gasteiger partial charge in [-0.1, -0.05) is 6.07 Å². The summed E-state index contributed by atoms with van der Waals surface area (Å²) in [5, 5.41) is 4.60. The fourth-order valence-electron chi connectivity index (χ4n) is 4.94. The molecular formula is C20H25N3OS. The number of nitrogens with one attached hydrogen (secondary N) is 1. The highest BCUT2D eigenvalue weighted by atomic mass is 32.1. The molecular weight excluding hydrogens is 330 g/mol. The first-order valence-corrected chi connectivity index (χ1v) is 10.2. The molecule has 25 heavy (non-hydrogen) atoms. The summed E-state index contributed by atoms with van der Waals surface area (Å²) in [7, 11) is 4.09. The van der Waals surface area contributed by atoms with E-state index in [1.165, 1.54) is 49.2 Å². The molecule has 4 heterocycles. The molecule has 1 aromatic carbocycles. The van der Waals surface area contributed by atoms with Crippen molar-refractivity contribution >= 4 is 33.0 Å². The van der Waals surface area contributed by atoms with E-state index in [4.69, 9.17) is 0 Å². The molecule has 4 aliphatic rings. The lowest BCUT2D eigenvalue weighted by atomic mass is 9.77. The number of piperidine rings is 3. The first-order valence-electron chi connectivity index (χ1n) is 9.34. The lowest BCUT2D eigenvalue weighted by Gasteiger charge is -2.52. The summed E-state index contributed by atoms with van der Waals surface area (Å²) in [5.41, 5.74) is 1.47. The Morgan fingerprint density at radius 1 is 1.24 bits per heavy atom. The van der Waals surface area contributed by atoms with Gasteiger partial charge in [-0.25, -0.2) is 0 Å². The van der Waals surface area contributed by atoms with Gasteiger partial charge >= 0.3 is 0 Å². The summed E-state index contributed by atoms with van der Waals surface area (Å²) >= 11 is 1.61. The van der Waals surface area contributed by atoms with Crippen molar-refractivity contribution in [1.29, 1.82) is 0 Å². The fourth-order valence-corrected chi connectivity index (χ4v) is 5.94. The monoisotopic (exact) mass is 355 g/mol. The van der Waals surface area contributed by atoms with Crippen LogP contribution in [0.15, 0.2) is 24.3 Å². The van der Waals surface area contributed by atoms with E-state index in [-0.39, 0.29) is 5.91 Å². The number of carbonyl (C=O) groups excluding carboxylic acids is 1. The molecule has 4 fully saturated rings. The number of fused-ring (bicyclic) bond motifs is 3. The molecule has 2 aromatic rings. The second kappa shape index (κ2) is 5.45. The topological polar surface area (TPSA) is 35.6 Å². The van der Waals surface area contributed by atoms with Crippen molar-refractivity contribution in [3.05, 3.63) is 29.1 Å². The second-order valence-electron chi connectivity index (χ2n) is 8.11. The zero-order valence-electron chi connectivity index (χ0n) is 14.9. The largest absolute Gasteiger partial charge is 0.378 e. The van der Waals surface area contributed by atoms with Crippen molar-refractivity contribution in [2.24, 2.45) is 5.92 Å².